The van der Waals surface area contributed by atoms with E-state index in [0.717, 1.165) is 20.8 Å². The normalized spacial score (nSPS) is 44.3. The fraction of sp³-hybridized carbons (Fsp3) is 0.893. The minimum absolute atomic E-state index is 0.815. The first-order valence-corrected chi connectivity index (χ1v) is 32.0. The van der Waals surface area contributed by atoms with Crippen LogP contribution in [-0.2, 0) is 90.3 Å². The molecule has 4 amide bonds. The number of aliphatic hydroxyl groups excluding tert-OH is 22. The van der Waals surface area contributed by atoms with E-state index >= 15 is 0 Å². The molecule has 28 N–H and O–H groups in total. The van der Waals surface area contributed by atoms with Crippen molar-refractivity contribution in [1.29, 1.82) is 0 Å². The molecular weight excluding hydrogens is 1420 g/mol. The molecule has 0 bridgehead atoms. The highest BCUT2D eigenvalue weighted by Crippen LogP contribution is 2.43. The van der Waals surface area contributed by atoms with Crippen LogP contribution in [0.3, 0.4) is 0 Å². The number of carboxylic acids is 2. The third-order valence-corrected chi connectivity index (χ3v) is 18.2. The molecule has 37 atom stereocenters. The summed E-state index contributed by atoms with van der Waals surface area (Å²) in [6.07, 6.45) is -74.7. The number of carboxylic acid groups (broad SMARTS) is 2. The Morgan fingerprint density at radius 2 is 0.757 bits per heavy atom. The van der Waals surface area contributed by atoms with E-state index in [1.54, 1.807) is 0 Å². The summed E-state index contributed by atoms with van der Waals surface area (Å²) in [4.78, 5) is 78.6. The molecule has 0 radical (unpaired) electrons. The molecule has 0 aliphatic carbocycles. The molecule has 103 heavy (non-hydrogen) atoms. The SMILES string of the molecule is CC(=O)N[C@H]1[C@H](O[C@@H]2[C@H](O[C@]3(C(=O)O)C[C@H](O)[C@@H](NC(C)=O)[C@H]([C@H](O)[C@H](O)CO)O3)[C@@H](O)[C@H](O[C@H]3[C@@H](O)[C@@H](CO)O[C@@H](O[C@@H]4[C@H](O[C@]5(C(=O)O)C[C@H](O)[C@@H](NC(=O)CO)[C@H]([C@H](O)[C@H](O)CO)O5)[C@@H](O)[C@H](O[C@H]5[C@H](O)[C@@H](O)[C@H](O)O[C@@H]5CO)O[C@@H]4CO)[C@@H]3NC(C)=O)O[C@@H]2CO)O[C@H](CO)[C@H](O)[C@@H]1O. The summed E-state index contributed by atoms with van der Waals surface area (Å²) in [5.41, 5.74) is 0. The van der Waals surface area contributed by atoms with Gasteiger partial charge in [-0.05, 0) is 0 Å². The maximum absolute atomic E-state index is 13.8. The lowest BCUT2D eigenvalue weighted by atomic mass is 9.88. The van der Waals surface area contributed by atoms with Crippen LogP contribution in [0.4, 0.5) is 0 Å². The first-order valence-electron chi connectivity index (χ1n) is 32.0. The van der Waals surface area contributed by atoms with Gasteiger partial charge in [-0.25, -0.2) is 9.59 Å². The minimum atomic E-state index is -3.57. The van der Waals surface area contributed by atoms with Crippen LogP contribution in [0.1, 0.15) is 33.6 Å². The van der Waals surface area contributed by atoms with E-state index in [0.29, 0.717) is 0 Å². The lowest BCUT2D eigenvalue weighted by Crippen LogP contribution is -2.73. The Labute approximate surface area is 580 Å². The predicted octanol–water partition coefficient (Wildman–Crippen LogP) is -18.3. The van der Waals surface area contributed by atoms with Crippen molar-refractivity contribution in [3.05, 3.63) is 0 Å². The van der Waals surface area contributed by atoms with Gasteiger partial charge >= 0.3 is 11.9 Å². The van der Waals surface area contributed by atoms with Crippen LogP contribution in [0.15, 0.2) is 0 Å². The summed E-state index contributed by atoms with van der Waals surface area (Å²) in [5.74, 6) is -16.0. The van der Waals surface area contributed by atoms with Gasteiger partial charge in [0.15, 0.2) is 31.5 Å². The van der Waals surface area contributed by atoms with E-state index in [2.05, 4.69) is 16.0 Å². The number of nitrogens with one attached hydrogen (secondary N) is 4. The molecule has 0 unspecified atom stereocenters. The van der Waals surface area contributed by atoms with Gasteiger partial charge in [0.05, 0.1) is 70.5 Å². The zero-order chi connectivity index (χ0) is 76.8. The van der Waals surface area contributed by atoms with E-state index in [9.17, 15) is 151 Å². The third kappa shape index (κ3) is 18.8. The fourth-order valence-corrected chi connectivity index (χ4v) is 13.0. The van der Waals surface area contributed by atoms with Crippen molar-refractivity contribution in [3.63, 3.8) is 0 Å². The third-order valence-electron chi connectivity index (χ3n) is 18.2. The quantitative estimate of drug-likeness (QED) is 0.0318. The maximum atomic E-state index is 13.8. The number of carbonyl (C=O) groups excluding carboxylic acids is 4. The van der Waals surface area contributed by atoms with Crippen LogP contribution in [0.2, 0.25) is 0 Å². The van der Waals surface area contributed by atoms with Crippen LogP contribution < -0.4 is 21.3 Å². The topological polar surface area (TPSA) is 756 Å². The van der Waals surface area contributed by atoms with Crippen LogP contribution in [0.25, 0.3) is 0 Å². The van der Waals surface area contributed by atoms with Crippen molar-refractivity contribution < 1.29 is 213 Å². The molecule has 7 saturated heterocycles. The van der Waals surface area contributed by atoms with Crippen molar-refractivity contribution in [2.75, 3.05) is 52.9 Å². The number of aliphatic carboxylic acids is 2. The van der Waals surface area contributed by atoms with Gasteiger partial charge in [-0.15, -0.1) is 0 Å². The van der Waals surface area contributed by atoms with Gasteiger partial charge in [-0.1, -0.05) is 0 Å². The van der Waals surface area contributed by atoms with Crippen molar-refractivity contribution >= 4 is 35.6 Å². The number of hydrogen-bond donors (Lipinski definition) is 28. The highest BCUT2D eigenvalue weighted by Gasteiger charge is 2.65. The molecule has 0 spiro atoms. The summed E-state index contributed by atoms with van der Waals surface area (Å²) < 4.78 is 77.0. The van der Waals surface area contributed by atoms with E-state index in [1.807, 2.05) is 5.32 Å². The van der Waals surface area contributed by atoms with Crippen molar-refractivity contribution in [3.8, 4) is 0 Å². The summed E-state index contributed by atoms with van der Waals surface area (Å²) in [5, 5.41) is 272. The van der Waals surface area contributed by atoms with Gasteiger partial charge in [-0.3, -0.25) is 19.2 Å². The van der Waals surface area contributed by atoms with Crippen molar-refractivity contribution in [1.82, 2.24) is 21.3 Å². The molecule has 0 aromatic carbocycles. The average Bonchev–Trinajstić information content (AvgIpc) is 0.752. The van der Waals surface area contributed by atoms with Crippen LogP contribution in [0.5, 0.6) is 0 Å². The summed E-state index contributed by atoms with van der Waals surface area (Å²) >= 11 is 0. The zero-order valence-corrected chi connectivity index (χ0v) is 54.8. The van der Waals surface area contributed by atoms with Gasteiger partial charge in [0, 0.05) is 33.6 Å². The molecule has 7 aliphatic rings. The summed E-state index contributed by atoms with van der Waals surface area (Å²) in [7, 11) is 0. The number of aliphatic hydroxyl groups is 22. The molecular formula is C56H92N4O43. The summed E-state index contributed by atoms with van der Waals surface area (Å²) in [6.45, 7) is -7.61. The standard InChI is InChI=1S/C56H92N4O43/c1-14(69)57-27-17(72)4-55(53(87)88,100-44(27)31(77)19(74)6-61)103-47-39(85)52(95-24(11-66)41(47)97-49-29(58-15(2)70)35(81)33(79)21(8-63)92-49)99-43-30(59-16(3)71)50(93-22(9-64)34(43)80)98-42-25(12-67)94-51(96-40-23(10-65)91-48(86)37(83)36(40)82)38(84)46(42)102-56(54(89)90)5-18(73)28(60-26(76)13-68)45(101-56)32(78)20(75)7-62/h17-25,27-52,61-68,72-75,77-86H,4-13H2,1-3H3,(H,57,69)(H,58,70)(H,59,71)(H,60,76)(H,87,88)(H,89,90)/t17-,18-,19+,20+,21+,22+,23+,24+,25+,27+,28+,29+,30+,31+,32+,33-,34-,35+,36+,37+,38+,39+,40+,41-,42-,43+,44+,45+,46+,47+,48+,49-,50-,51-,52-,55-,56-/m0/s1. The summed E-state index contributed by atoms with van der Waals surface area (Å²) in [6, 6.07) is -8.03. The van der Waals surface area contributed by atoms with Gasteiger partial charge < -0.3 is 205 Å². The molecule has 7 rings (SSSR count). The van der Waals surface area contributed by atoms with Crippen molar-refractivity contribution in [2.45, 2.75) is 260 Å². The van der Waals surface area contributed by atoms with E-state index in [-0.39, 0.29) is 0 Å². The van der Waals surface area contributed by atoms with Crippen LogP contribution >= 0.6 is 0 Å². The molecule has 7 aliphatic heterocycles. The molecule has 0 saturated carbocycles. The molecule has 47 nitrogen and oxygen atoms in total. The number of rotatable bonds is 30. The molecule has 594 valence electrons. The number of carbonyl (C=O) groups is 6. The van der Waals surface area contributed by atoms with E-state index in [1.165, 1.54) is 0 Å². The van der Waals surface area contributed by atoms with Gasteiger partial charge in [0.25, 0.3) is 11.6 Å². The zero-order valence-electron chi connectivity index (χ0n) is 54.8. The number of ether oxygens (including phenoxy) is 13. The van der Waals surface area contributed by atoms with E-state index in [4.69, 9.17) is 61.6 Å². The van der Waals surface area contributed by atoms with Crippen LogP contribution in [0, 0.1) is 0 Å². The Bertz CT molecular complexity index is 2790. The minimum Gasteiger partial charge on any atom is -0.477 e. The molecule has 0 aromatic rings. The molecule has 47 heteroatoms. The highest BCUT2D eigenvalue weighted by molar-refractivity contribution is 5.79. The van der Waals surface area contributed by atoms with Gasteiger partial charge in [0.1, 0.15) is 165 Å². The molecule has 7 fully saturated rings. The van der Waals surface area contributed by atoms with Crippen molar-refractivity contribution in [2.24, 2.45) is 0 Å². The maximum Gasteiger partial charge on any atom is 0.364 e. The second-order valence-electron chi connectivity index (χ2n) is 25.4. The first kappa shape index (κ1) is 85.7. The Morgan fingerprint density at radius 3 is 1.16 bits per heavy atom. The molecule has 0 aromatic heterocycles. The predicted molar refractivity (Wildman–Crippen MR) is 314 cm³/mol. The number of amides is 4. The number of hydrogen-bond acceptors (Lipinski definition) is 41. The Hall–Kier alpha value is -4.58. The van der Waals surface area contributed by atoms with Gasteiger partial charge in [-0.2, -0.15) is 0 Å². The Morgan fingerprint density at radius 1 is 0.398 bits per heavy atom. The Balaban J connectivity index is 1.35. The lowest BCUT2D eigenvalue weighted by Gasteiger charge is -2.53. The second kappa shape index (κ2) is 36.5. The highest BCUT2D eigenvalue weighted by atomic mass is 16.8. The fourth-order valence-electron chi connectivity index (χ4n) is 13.0. The molecule has 7 heterocycles. The lowest BCUT2D eigenvalue weighted by molar-refractivity contribution is -0.407. The van der Waals surface area contributed by atoms with Gasteiger partial charge in [0.2, 0.25) is 23.6 Å². The monoisotopic (exact) mass is 1510 g/mol. The first-order chi connectivity index (χ1) is 48.5. The largest absolute Gasteiger partial charge is 0.477 e. The second-order valence-corrected chi connectivity index (χ2v) is 25.4. The Kier molecular flexibility index (Phi) is 30.4. The van der Waals surface area contributed by atoms with E-state index < -0.39 is 327 Å². The van der Waals surface area contributed by atoms with Crippen LogP contribution in [-0.4, -0.2) is 437 Å². The average molecular weight is 1510 g/mol. The smallest absolute Gasteiger partial charge is 0.364 e.